The molecule has 1 atom stereocenters. The minimum Gasteiger partial charge on any atom is -0.305 e. The molecule has 0 amide bonds. The van der Waals surface area contributed by atoms with Crippen LogP contribution in [0.1, 0.15) is 6.42 Å². The summed E-state index contributed by atoms with van der Waals surface area (Å²) < 4.78 is 0. The Kier molecular flexibility index (Phi) is 3.60. The Balaban J connectivity index is 2.39. The maximum Gasteiger partial charge on any atom is 0.265 e. The lowest BCUT2D eigenvalue weighted by atomic mass is 10.00. The monoisotopic (exact) mass is 184 g/mol. The van der Waals surface area contributed by atoms with Crippen molar-refractivity contribution in [3.05, 3.63) is 34.0 Å². The van der Waals surface area contributed by atoms with Crippen LogP contribution in [0, 0.1) is 16.0 Å². The highest BCUT2D eigenvalue weighted by molar-refractivity contribution is 5.17. The molecule has 1 aliphatic rings. The number of nitrogens with one attached hydrogen (secondary N) is 1. The van der Waals surface area contributed by atoms with Gasteiger partial charge in [0.1, 0.15) is 0 Å². The summed E-state index contributed by atoms with van der Waals surface area (Å²) in [5, 5.41) is 10.3. The molecule has 0 saturated heterocycles. The molecule has 0 unspecified atom stereocenters. The summed E-state index contributed by atoms with van der Waals surface area (Å²) >= 11 is 0. The highest BCUT2D eigenvalue weighted by atomic mass is 16.6. The molecule has 0 spiro atoms. The first-order valence-corrected chi connectivity index (χ1v) is 4.02. The SMILES string of the molecule is CONC[C@H]1C=CC([N+](=O)[O-])=CC1. The first kappa shape index (κ1) is 9.88. The molecule has 72 valence electrons. The van der Waals surface area contributed by atoms with Gasteiger partial charge in [-0.05, 0) is 18.4 Å². The third-order valence-electron chi connectivity index (χ3n) is 1.87. The zero-order valence-electron chi connectivity index (χ0n) is 7.40. The van der Waals surface area contributed by atoms with Crippen LogP contribution < -0.4 is 5.48 Å². The molecule has 0 radical (unpaired) electrons. The van der Waals surface area contributed by atoms with Crippen molar-refractivity contribution < 1.29 is 9.76 Å². The van der Waals surface area contributed by atoms with Crippen LogP contribution in [0.2, 0.25) is 0 Å². The highest BCUT2D eigenvalue weighted by Crippen LogP contribution is 2.15. The molecule has 0 fully saturated rings. The van der Waals surface area contributed by atoms with Gasteiger partial charge in [-0.25, -0.2) is 5.48 Å². The largest absolute Gasteiger partial charge is 0.305 e. The number of nitrogens with zero attached hydrogens (tertiary/aromatic N) is 1. The van der Waals surface area contributed by atoms with Crippen molar-refractivity contribution in [1.82, 2.24) is 5.48 Å². The quantitative estimate of drug-likeness (QED) is 0.520. The molecular formula is C8H12N2O3. The van der Waals surface area contributed by atoms with Gasteiger partial charge in [0.25, 0.3) is 5.70 Å². The molecule has 0 aromatic heterocycles. The van der Waals surface area contributed by atoms with Gasteiger partial charge in [-0.15, -0.1) is 0 Å². The standard InChI is InChI=1S/C8H12N2O3/c1-13-9-6-7-2-4-8(5-3-7)10(11)12/h2,4-5,7,9H,3,6H2,1H3/t7-/m0/s1. The second-order valence-electron chi connectivity index (χ2n) is 2.79. The molecule has 1 N–H and O–H groups in total. The van der Waals surface area contributed by atoms with Crippen LogP contribution >= 0.6 is 0 Å². The van der Waals surface area contributed by atoms with Crippen LogP contribution in [0.15, 0.2) is 23.9 Å². The predicted molar refractivity (Wildman–Crippen MR) is 47.3 cm³/mol. The van der Waals surface area contributed by atoms with E-state index in [1.54, 1.807) is 13.2 Å². The van der Waals surface area contributed by atoms with Crippen LogP contribution in [0.4, 0.5) is 0 Å². The average Bonchev–Trinajstić information content (AvgIpc) is 2.15. The number of rotatable bonds is 4. The Hall–Kier alpha value is -1.20. The van der Waals surface area contributed by atoms with Crippen molar-refractivity contribution in [3.63, 3.8) is 0 Å². The predicted octanol–water partition coefficient (Wildman–Crippen LogP) is 0.874. The third-order valence-corrected chi connectivity index (χ3v) is 1.87. The molecule has 0 aliphatic heterocycles. The molecular weight excluding hydrogens is 172 g/mol. The Bertz CT molecular complexity index is 248. The van der Waals surface area contributed by atoms with E-state index in [0.717, 1.165) is 0 Å². The topological polar surface area (TPSA) is 64.4 Å². The molecule has 0 aromatic carbocycles. The van der Waals surface area contributed by atoms with Gasteiger partial charge in [0.2, 0.25) is 0 Å². The van der Waals surface area contributed by atoms with E-state index >= 15 is 0 Å². The summed E-state index contributed by atoms with van der Waals surface area (Å²) in [7, 11) is 1.55. The summed E-state index contributed by atoms with van der Waals surface area (Å²) in [6.45, 7) is 0.675. The van der Waals surface area contributed by atoms with Crippen LogP contribution in [0.3, 0.4) is 0 Å². The van der Waals surface area contributed by atoms with E-state index in [0.29, 0.717) is 13.0 Å². The molecule has 0 bridgehead atoms. The number of hydroxylamine groups is 1. The summed E-state index contributed by atoms with van der Waals surface area (Å²) in [5.74, 6) is 0.281. The normalized spacial score (nSPS) is 21.3. The number of hydrogen-bond donors (Lipinski definition) is 1. The molecule has 0 saturated carbocycles. The Morgan fingerprint density at radius 2 is 2.62 bits per heavy atom. The van der Waals surface area contributed by atoms with Gasteiger partial charge >= 0.3 is 0 Å². The van der Waals surface area contributed by atoms with Crippen LogP contribution in [0.5, 0.6) is 0 Å². The number of nitro groups is 1. The fraction of sp³-hybridized carbons (Fsp3) is 0.500. The maximum absolute atomic E-state index is 10.3. The van der Waals surface area contributed by atoms with E-state index in [1.165, 1.54) is 6.08 Å². The van der Waals surface area contributed by atoms with Crippen LogP contribution in [-0.4, -0.2) is 18.6 Å². The molecule has 1 aliphatic carbocycles. The Labute approximate surface area is 76.2 Å². The van der Waals surface area contributed by atoms with Crippen molar-refractivity contribution in [2.24, 2.45) is 5.92 Å². The van der Waals surface area contributed by atoms with Gasteiger partial charge in [0, 0.05) is 12.6 Å². The first-order valence-electron chi connectivity index (χ1n) is 4.02. The van der Waals surface area contributed by atoms with Crippen molar-refractivity contribution >= 4 is 0 Å². The zero-order chi connectivity index (χ0) is 9.68. The zero-order valence-corrected chi connectivity index (χ0v) is 7.40. The molecule has 5 heteroatoms. The molecule has 13 heavy (non-hydrogen) atoms. The summed E-state index contributed by atoms with van der Waals surface area (Å²) in [6.07, 6.45) is 5.67. The smallest absolute Gasteiger partial charge is 0.265 e. The Morgan fingerprint density at radius 1 is 1.85 bits per heavy atom. The van der Waals surface area contributed by atoms with Gasteiger partial charge < -0.3 is 4.84 Å². The van der Waals surface area contributed by atoms with Crippen molar-refractivity contribution in [3.8, 4) is 0 Å². The van der Waals surface area contributed by atoms with E-state index in [4.69, 9.17) is 0 Å². The Morgan fingerprint density at radius 3 is 3.08 bits per heavy atom. The lowest BCUT2D eigenvalue weighted by molar-refractivity contribution is -0.419. The summed E-state index contributed by atoms with van der Waals surface area (Å²) in [5.41, 5.74) is 2.89. The van der Waals surface area contributed by atoms with E-state index in [2.05, 4.69) is 10.3 Å². The van der Waals surface area contributed by atoms with Gasteiger partial charge in [0.05, 0.1) is 12.0 Å². The van der Waals surface area contributed by atoms with E-state index in [9.17, 15) is 10.1 Å². The second-order valence-corrected chi connectivity index (χ2v) is 2.79. The van der Waals surface area contributed by atoms with Gasteiger partial charge in [-0.1, -0.05) is 6.08 Å². The number of allylic oxidation sites excluding steroid dienone is 2. The first-order chi connectivity index (χ1) is 6.24. The maximum atomic E-state index is 10.3. The van der Waals surface area contributed by atoms with E-state index < -0.39 is 0 Å². The lowest BCUT2D eigenvalue weighted by Gasteiger charge is -2.12. The molecule has 0 aromatic rings. The molecule has 1 rings (SSSR count). The lowest BCUT2D eigenvalue weighted by Crippen LogP contribution is -2.21. The minimum atomic E-state index is -0.379. The second kappa shape index (κ2) is 4.74. The summed E-state index contributed by atoms with van der Waals surface area (Å²) in [4.78, 5) is 14.6. The minimum absolute atomic E-state index is 0.175. The summed E-state index contributed by atoms with van der Waals surface area (Å²) in [6, 6.07) is 0. The van der Waals surface area contributed by atoms with Gasteiger partial charge in [-0.3, -0.25) is 10.1 Å². The fourth-order valence-corrected chi connectivity index (χ4v) is 1.13. The van der Waals surface area contributed by atoms with Crippen molar-refractivity contribution in [2.75, 3.05) is 13.7 Å². The van der Waals surface area contributed by atoms with E-state index in [1.807, 2.05) is 6.08 Å². The van der Waals surface area contributed by atoms with Crippen molar-refractivity contribution in [1.29, 1.82) is 0 Å². The third kappa shape index (κ3) is 2.96. The van der Waals surface area contributed by atoms with Crippen molar-refractivity contribution in [2.45, 2.75) is 6.42 Å². The van der Waals surface area contributed by atoms with Crippen LogP contribution in [0.25, 0.3) is 0 Å². The molecule has 0 heterocycles. The average molecular weight is 184 g/mol. The number of hydrogen-bond acceptors (Lipinski definition) is 4. The van der Waals surface area contributed by atoms with Crippen LogP contribution in [-0.2, 0) is 4.84 Å². The molecule has 5 nitrogen and oxygen atoms in total. The van der Waals surface area contributed by atoms with Gasteiger partial charge in [-0.2, -0.15) is 0 Å². The highest BCUT2D eigenvalue weighted by Gasteiger charge is 2.14. The fourth-order valence-electron chi connectivity index (χ4n) is 1.13. The van der Waals surface area contributed by atoms with E-state index in [-0.39, 0.29) is 16.5 Å². The van der Waals surface area contributed by atoms with Gasteiger partial charge in [0.15, 0.2) is 0 Å².